The molecule has 134 valence electrons. The van der Waals surface area contributed by atoms with E-state index in [-0.39, 0.29) is 23.6 Å². The summed E-state index contributed by atoms with van der Waals surface area (Å²) in [6, 6.07) is 7.65. The van der Waals surface area contributed by atoms with Crippen LogP contribution in [-0.2, 0) is 11.8 Å². The van der Waals surface area contributed by atoms with Crippen molar-refractivity contribution in [2.24, 2.45) is 7.05 Å². The molecule has 1 saturated heterocycles. The van der Waals surface area contributed by atoms with E-state index < -0.39 is 0 Å². The Bertz CT molecular complexity index is 845. The van der Waals surface area contributed by atoms with Gasteiger partial charge in [0.05, 0.1) is 16.9 Å². The van der Waals surface area contributed by atoms with Gasteiger partial charge in [-0.2, -0.15) is 0 Å². The van der Waals surface area contributed by atoms with Crippen molar-refractivity contribution in [3.63, 3.8) is 0 Å². The molecule has 1 aromatic carbocycles. The summed E-state index contributed by atoms with van der Waals surface area (Å²) in [6.45, 7) is 8.37. The Kier molecular flexibility index (Phi) is 4.90. The monoisotopic (exact) mass is 342 g/mol. The highest BCUT2D eigenvalue weighted by Crippen LogP contribution is 2.23. The largest absolute Gasteiger partial charge is 0.337 e. The summed E-state index contributed by atoms with van der Waals surface area (Å²) in [7, 11) is 1.79. The smallest absolute Gasteiger partial charge is 0.261 e. The third-order valence-electron chi connectivity index (χ3n) is 5.22. The van der Waals surface area contributed by atoms with Gasteiger partial charge in [-0.1, -0.05) is 19.1 Å². The highest BCUT2D eigenvalue weighted by molar-refractivity contribution is 5.77. The van der Waals surface area contributed by atoms with Crippen molar-refractivity contribution in [3.05, 3.63) is 40.4 Å². The van der Waals surface area contributed by atoms with Crippen LogP contribution in [0.25, 0.3) is 10.9 Å². The van der Waals surface area contributed by atoms with Crippen molar-refractivity contribution in [1.29, 1.82) is 0 Å². The van der Waals surface area contributed by atoms with Crippen LogP contribution in [0, 0.1) is 0 Å². The molecule has 25 heavy (non-hydrogen) atoms. The van der Waals surface area contributed by atoms with Crippen LogP contribution in [0.15, 0.2) is 29.1 Å². The lowest BCUT2D eigenvalue weighted by Gasteiger charge is -2.42. The van der Waals surface area contributed by atoms with Gasteiger partial charge in [-0.25, -0.2) is 4.98 Å². The van der Waals surface area contributed by atoms with Crippen molar-refractivity contribution in [1.82, 2.24) is 19.4 Å². The average molecular weight is 342 g/mol. The van der Waals surface area contributed by atoms with Crippen LogP contribution in [0.2, 0.25) is 0 Å². The Morgan fingerprint density at radius 3 is 2.72 bits per heavy atom. The zero-order valence-electron chi connectivity index (χ0n) is 15.4. The summed E-state index contributed by atoms with van der Waals surface area (Å²) in [6.07, 6.45) is 0.542. The van der Waals surface area contributed by atoms with Crippen LogP contribution in [0.1, 0.15) is 39.1 Å². The van der Waals surface area contributed by atoms with Gasteiger partial charge >= 0.3 is 0 Å². The molecule has 1 aliphatic rings. The number of carbonyl (C=O) groups is 1. The van der Waals surface area contributed by atoms with Gasteiger partial charge in [0.1, 0.15) is 5.82 Å². The molecule has 1 amide bonds. The molecule has 0 radical (unpaired) electrons. The van der Waals surface area contributed by atoms with Gasteiger partial charge in [0, 0.05) is 39.1 Å². The molecule has 1 aliphatic heterocycles. The molecule has 6 nitrogen and oxygen atoms in total. The van der Waals surface area contributed by atoms with E-state index >= 15 is 0 Å². The maximum absolute atomic E-state index is 12.6. The number of fused-ring (bicyclic) bond motifs is 1. The highest BCUT2D eigenvalue weighted by Gasteiger charge is 2.30. The summed E-state index contributed by atoms with van der Waals surface area (Å²) in [5, 5.41) is 0.646. The number of rotatable bonds is 3. The first-order chi connectivity index (χ1) is 11.9. The van der Waals surface area contributed by atoms with E-state index in [0.717, 1.165) is 31.0 Å². The number of nitrogens with zero attached hydrogens (tertiary/aromatic N) is 4. The Balaban J connectivity index is 1.88. The molecule has 2 heterocycles. The summed E-state index contributed by atoms with van der Waals surface area (Å²) in [5.41, 5.74) is 0.723. The molecular formula is C19H26N4O2. The SMILES string of the molecule is CCC(=O)N1CCN(C(C)c2nc3ccccc3c(=O)n2C)CC1C. The van der Waals surface area contributed by atoms with Gasteiger partial charge < -0.3 is 4.90 Å². The van der Waals surface area contributed by atoms with E-state index in [1.54, 1.807) is 11.6 Å². The predicted octanol–water partition coefficient (Wildman–Crippen LogP) is 1.94. The molecule has 1 aromatic heterocycles. The minimum absolute atomic E-state index is 0.0136. The van der Waals surface area contributed by atoms with E-state index in [4.69, 9.17) is 4.98 Å². The molecule has 0 aliphatic carbocycles. The lowest BCUT2D eigenvalue weighted by molar-refractivity contribution is -0.135. The minimum Gasteiger partial charge on any atom is -0.337 e. The summed E-state index contributed by atoms with van der Waals surface area (Å²) in [5.74, 6) is 0.974. The van der Waals surface area contributed by atoms with Gasteiger partial charge in [-0.15, -0.1) is 0 Å². The number of hydrogen-bond donors (Lipinski definition) is 0. The van der Waals surface area contributed by atoms with E-state index in [1.165, 1.54) is 0 Å². The molecule has 2 aromatic rings. The van der Waals surface area contributed by atoms with Gasteiger partial charge in [0.25, 0.3) is 5.56 Å². The number of para-hydroxylation sites is 1. The van der Waals surface area contributed by atoms with Crippen molar-refractivity contribution in [2.75, 3.05) is 19.6 Å². The molecule has 2 atom stereocenters. The van der Waals surface area contributed by atoms with Crippen LogP contribution in [0.5, 0.6) is 0 Å². The van der Waals surface area contributed by atoms with E-state index in [1.807, 2.05) is 36.1 Å². The molecule has 2 unspecified atom stereocenters. The van der Waals surface area contributed by atoms with Gasteiger partial charge in [0.2, 0.25) is 5.91 Å². The van der Waals surface area contributed by atoms with E-state index in [9.17, 15) is 9.59 Å². The standard InChI is InChI=1S/C19H26N4O2/c1-5-17(24)23-11-10-22(12-13(23)2)14(3)18-20-16-9-7-6-8-15(16)19(25)21(18)4/h6-9,13-14H,5,10-12H2,1-4H3. The lowest BCUT2D eigenvalue weighted by atomic mass is 10.1. The maximum Gasteiger partial charge on any atom is 0.261 e. The zero-order valence-corrected chi connectivity index (χ0v) is 15.4. The van der Waals surface area contributed by atoms with Crippen molar-refractivity contribution < 1.29 is 4.79 Å². The van der Waals surface area contributed by atoms with Gasteiger partial charge in [-0.05, 0) is 26.0 Å². The first-order valence-corrected chi connectivity index (χ1v) is 8.93. The highest BCUT2D eigenvalue weighted by atomic mass is 16.2. The quantitative estimate of drug-likeness (QED) is 0.855. The third-order valence-corrected chi connectivity index (χ3v) is 5.22. The number of hydrogen-bond acceptors (Lipinski definition) is 4. The normalized spacial score (nSPS) is 20.0. The second-order valence-electron chi connectivity index (χ2n) is 6.81. The predicted molar refractivity (Wildman–Crippen MR) is 98.4 cm³/mol. The first kappa shape index (κ1) is 17.6. The second-order valence-corrected chi connectivity index (χ2v) is 6.81. The minimum atomic E-state index is -0.0136. The summed E-state index contributed by atoms with van der Waals surface area (Å²) >= 11 is 0. The Morgan fingerprint density at radius 1 is 1.32 bits per heavy atom. The van der Waals surface area contributed by atoms with Crippen molar-refractivity contribution in [2.45, 2.75) is 39.3 Å². The molecule has 3 rings (SSSR count). The van der Waals surface area contributed by atoms with Crippen LogP contribution >= 0.6 is 0 Å². The van der Waals surface area contributed by atoms with Crippen LogP contribution in [0.4, 0.5) is 0 Å². The Hall–Kier alpha value is -2.21. The van der Waals surface area contributed by atoms with Gasteiger partial charge in [0.15, 0.2) is 0 Å². The number of piperazine rings is 1. The molecule has 0 saturated carbocycles. The van der Waals surface area contributed by atoms with Crippen molar-refractivity contribution >= 4 is 16.8 Å². The molecule has 1 fully saturated rings. The summed E-state index contributed by atoms with van der Waals surface area (Å²) in [4.78, 5) is 33.7. The molecule has 0 bridgehead atoms. The van der Waals surface area contributed by atoms with E-state index in [2.05, 4.69) is 18.7 Å². The second kappa shape index (κ2) is 6.96. The Morgan fingerprint density at radius 2 is 2.04 bits per heavy atom. The number of amides is 1. The molecule has 0 spiro atoms. The van der Waals surface area contributed by atoms with Gasteiger partial charge in [-0.3, -0.25) is 19.1 Å². The molecule has 6 heteroatoms. The number of carbonyl (C=O) groups excluding carboxylic acids is 1. The topological polar surface area (TPSA) is 58.4 Å². The fourth-order valence-electron chi connectivity index (χ4n) is 3.68. The van der Waals surface area contributed by atoms with Crippen LogP contribution in [-0.4, -0.2) is 50.9 Å². The zero-order chi connectivity index (χ0) is 18.1. The summed E-state index contributed by atoms with van der Waals surface area (Å²) < 4.78 is 1.65. The maximum atomic E-state index is 12.6. The van der Waals surface area contributed by atoms with Crippen molar-refractivity contribution in [3.8, 4) is 0 Å². The fraction of sp³-hybridized carbons (Fsp3) is 0.526. The molecular weight excluding hydrogens is 316 g/mol. The number of aromatic nitrogens is 2. The molecule has 0 N–H and O–H groups in total. The average Bonchev–Trinajstić information content (AvgIpc) is 2.63. The number of benzene rings is 1. The lowest BCUT2D eigenvalue weighted by Crippen LogP contribution is -2.54. The third kappa shape index (κ3) is 3.18. The fourth-order valence-corrected chi connectivity index (χ4v) is 3.68. The van der Waals surface area contributed by atoms with E-state index in [0.29, 0.717) is 11.8 Å². The Labute approximate surface area is 148 Å². The first-order valence-electron chi connectivity index (χ1n) is 8.93. The van der Waals surface area contributed by atoms with Crippen LogP contribution in [0.3, 0.4) is 0 Å². The van der Waals surface area contributed by atoms with Crippen LogP contribution < -0.4 is 5.56 Å².